The molecular formula is C18H23NO2. The van der Waals surface area contributed by atoms with Gasteiger partial charge in [0.2, 0.25) is 0 Å². The average Bonchev–Trinajstić information content (AvgIpc) is 2.53. The van der Waals surface area contributed by atoms with E-state index < -0.39 is 11.2 Å². The third-order valence-electron chi connectivity index (χ3n) is 4.51. The predicted octanol–water partition coefficient (Wildman–Crippen LogP) is 3.71. The van der Waals surface area contributed by atoms with Crippen LogP contribution in [0.5, 0.6) is 0 Å². The fraction of sp³-hybridized carbons (Fsp3) is 0.500. The zero-order valence-corrected chi connectivity index (χ0v) is 13.4. The summed E-state index contributed by atoms with van der Waals surface area (Å²) in [5.41, 5.74) is 0.908. The Morgan fingerprint density at radius 3 is 2.43 bits per heavy atom. The quantitative estimate of drug-likeness (QED) is 0.868. The van der Waals surface area contributed by atoms with Crippen LogP contribution in [-0.2, 0) is 10.3 Å². The molecule has 3 rings (SSSR count). The Morgan fingerprint density at radius 2 is 1.81 bits per heavy atom. The van der Waals surface area contributed by atoms with Gasteiger partial charge in [-0.1, -0.05) is 12.1 Å². The molecule has 112 valence electrons. The van der Waals surface area contributed by atoms with Crippen molar-refractivity contribution < 1.29 is 9.84 Å². The zero-order valence-electron chi connectivity index (χ0n) is 13.4. The minimum Gasteiger partial charge on any atom is -0.382 e. The summed E-state index contributed by atoms with van der Waals surface area (Å²) in [6, 6.07) is 10.0. The molecule has 3 nitrogen and oxygen atoms in total. The van der Waals surface area contributed by atoms with Crippen molar-refractivity contribution >= 4 is 10.9 Å². The molecule has 0 saturated carbocycles. The lowest BCUT2D eigenvalue weighted by molar-refractivity contribution is -0.129. The van der Waals surface area contributed by atoms with Gasteiger partial charge in [-0.15, -0.1) is 0 Å². The first-order valence-electron chi connectivity index (χ1n) is 7.43. The van der Waals surface area contributed by atoms with Gasteiger partial charge in [-0.25, -0.2) is 0 Å². The van der Waals surface area contributed by atoms with E-state index in [2.05, 4.69) is 11.1 Å². The number of aromatic nitrogens is 1. The maximum absolute atomic E-state index is 11.3. The van der Waals surface area contributed by atoms with Crippen molar-refractivity contribution in [3.05, 3.63) is 41.6 Å². The van der Waals surface area contributed by atoms with Crippen LogP contribution in [0.1, 0.15) is 45.4 Å². The van der Waals surface area contributed by atoms with E-state index in [0.29, 0.717) is 6.42 Å². The average molecular weight is 285 g/mol. The number of pyridine rings is 1. The molecule has 1 saturated heterocycles. The Morgan fingerprint density at radius 1 is 1.10 bits per heavy atom. The molecule has 1 atom stereocenters. The number of hydrogen-bond acceptors (Lipinski definition) is 3. The molecule has 0 spiro atoms. The van der Waals surface area contributed by atoms with Crippen LogP contribution < -0.4 is 0 Å². The van der Waals surface area contributed by atoms with Gasteiger partial charge in [-0.3, -0.25) is 4.98 Å². The number of fused-ring (bicyclic) bond motifs is 1. The van der Waals surface area contributed by atoms with E-state index in [1.807, 2.05) is 58.9 Å². The lowest BCUT2D eigenvalue weighted by Gasteiger charge is -2.35. The van der Waals surface area contributed by atoms with Crippen molar-refractivity contribution in [2.45, 2.75) is 57.8 Å². The van der Waals surface area contributed by atoms with Crippen LogP contribution in [0.25, 0.3) is 10.9 Å². The van der Waals surface area contributed by atoms with Gasteiger partial charge in [0.15, 0.2) is 0 Å². The second kappa shape index (κ2) is 4.28. The molecule has 0 bridgehead atoms. The van der Waals surface area contributed by atoms with Gasteiger partial charge in [0, 0.05) is 17.5 Å². The van der Waals surface area contributed by atoms with Gasteiger partial charge >= 0.3 is 0 Å². The van der Waals surface area contributed by atoms with Crippen LogP contribution >= 0.6 is 0 Å². The maximum Gasteiger partial charge on any atom is 0.121 e. The Kier molecular flexibility index (Phi) is 2.95. The van der Waals surface area contributed by atoms with Gasteiger partial charge in [0.25, 0.3) is 0 Å². The fourth-order valence-corrected chi connectivity index (χ4v) is 3.57. The van der Waals surface area contributed by atoms with Crippen LogP contribution in [0, 0.1) is 6.92 Å². The molecule has 1 fully saturated rings. The van der Waals surface area contributed by atoms with Crippen LogP contribution in [0.4, 0.5) is 0 Å². The first-order valence-corrected chi connectivity index (χ1v) is 7.43. The zero-order chi connectivity index (χ0) is 15.5. The molecular weight excluding hydrogens is 262 g/mol. The summed E-state index contributed by atoms with van der Waals surface area (Å²) in [5.74, 6) is 0. The van der Waals surface area contributed by atoms with Crippen molar-refractivity contribution in [3.63, 3.8) is 0 Å². The highest BCUT2D eigenvalue weighted by Gasteiger charge is 2.57. The molecule has 1 aliphatic heterocycles. The van der Waals surface area contributed by atoms with Crippen molar-refractivity contribution in [1.29, 1.82) is 0 Å². The van der Waals surface area contributed by atoms with Gasteiger partial charge in [-0.2, -0.15) is 0 Å². The van der Waals surface area contributed by atoms with E-state index in [1.165, 1.54) is 0 Å². The molecule has 2 aromatic rings. The van der Waals surface area contributed by atoms with Crippen LogP contribution in [0.2, 0.25) is 0 Å². The van der Waals surface area contributed by atoms with Crippen molar-refractivity contribution in [2.75, 3.05) is 0 Å². The number of nitrogens with zero attached hydrogens (tertiary/aromatic N) is 1. The van der Waals surface area contributed by atoms with Crippen LogP contribution in [0.3, 0.4) is 0 Å². The SMILES string of the molecule is Cc1ccc2cc(C3(O)CC(C)(C)OC3(C)C)ccc2n1. The number of ether oxygens (including phenoxy) is 1. The fourth-order valence-electron chi connectivity index (χ4n) is 3.57. The highest BCUT2D eigenvalue weighted by Crippen LogP contribution is 2.51. The van der Waals surface area contributed by atoms with Gasteiger partial charge < -0.3 is 9.84 Å². The van der Waals surface area contributed by atoms with E-state index in [-0.39, 0.29) is 5.60 Å². The van der Waals surface area contributed by atoms with E-state index in [4.69, 9.17) is 4.74 Å². The Bertz CT molecular complexity index is 705. The van der Waals surface area contributed by atoms with Crippen molar-refractivity contribution in [3.8, 4) is 0 Å². The summed E-state index contributed by atoms with van der Waals surface area (Å²) in [6.07, 6.45) is 0.581. The van der Waals surface area contributed by atoms with Gasteiger partial charge in [0.05, 0.1) is 16.7 Å². The number of aliphatic hydroxyl groups is 1. The topological polar surface area (TPSA) is 42.4 Å². The van der Waals surface area contributed by atoms with E-state index in [1.54, 1.807) is 0 Å². The lowest BCUT2D eigenvalue weighted by atomic mass is 9.77. The first kappa shape index (κ1) is 14.5. The summed E-state index contributed by atoms with van der Waals surface area (Å²) in [5, 5.41) is 12.3. The number of benzene rings is 1. The molecule has 3 heteroatoms. The normalized spacial score (nSPS) is 27.1. The predicted molar refractivity (Wildman–Crippen MR) is 84.2 cm³/mol. The summed E-state index contributed by atoms with van der Waals surface area (Å²) >= 11 is 0. The Balaban J connectivity index is 2.13. The lowest BCUT2D eigenvalue weighted by Crippen LogP contribution is -2.43. The Labute approximate surface area is 126 Å². The smallest absolute Gasteiger partial charge is 0.121 e. The van der Waals surface area contributed by atoms with Crippen molar-refractivity contribution in [2.24, 2.45) is 0 Å². The largest absolute Gasteiger partial charge is 0.382 e. The minimum atomic E-state index is -0.990. The summed E-state index contributed by atoms with van der Waals surface area (Å²) in [4.78, 5) is 4.52. The first-order chi connectivity index (χ1) is 9.63. The molecule has 1 aliphatic rings. The second-order valence-corrected chi connectivity index (χ2v) is 7.27. The highest BCUT2D eigenvalue weighted by molar-refractivity contribution is 5.79. The maximum atomic E-state index is 11.3. The molecule has 0 radical (unpaired) electrons. The summed E-state index contributed by atoms with van der Waals surface area (Å²) < 4.78 is 6.07. The van der Waals surface area contributed by atoms with Crippen LogP contribution in [-0.4, -0.2) is 21.3 Å². The molecule has 2 heterocycles. The van der Waals surface area contributed by atoms with E-state index in [0.717, 1.165) is 22.2 Å². The Hall–Kier alpha value is -1.45. The number of aryl methyl sites for hydroxylation is 1. The molecule has 21 heavy (non-hydrogen) atoms. The molecule has 1 aromatic heterocycles. The third kappa shape index (κ3) is 2.25. The van der Waals surface area contributed by atoms with Gasteiger partial charge in [-0.05, 0) is 58.4 Å². The van der Waals surface area contributed by atoms with E-state index >= 15 is 0 Å². The molecule has 1 N–H and O–H groups in total. The second-order valence-electron chi connectivity index (χ2n) is 7.27. The minimum absolute atomic E-state index is 0.335. The highest BCUT2D eigenvalue weighted by atomic mass is 16.5. The molecule has 0 aliphatic carbocycles. The summed E-state index contributed by atoms with van der Waals surface area (Å²) in [6.45, 7) is 9.95. The number of rotatable bonds is 1. The monoisotopic (exact) mass is 285 g/mol. The standard InChI is InChI=1S/C18H23NO2/c1-12-6-7-13-10-14(8-9-15(13)19-12)18(20)11-16(2,3)21-17(18,4)5/h6-10,20H,11H2,1-5H3. The molecule has 1 aromatic carbocycles. The number of hydrogen-bond donors (Lipinski definition) is 1. The molecule has 0 amide bonds. The third-order valence-corrected chi connectivity index (χ3v) is 4.51. The van der Waals surface area contributed by atoms with E-state index in [9.17, 15) is 5.11 Å². The molecule has 1 unspecified atom stereocenters. The summed E-state index contributed by atoms with van der Waals surface area (Å²) in [7, 11) is 0. The van der Waals surface area contributed by atoms with Crippen LogP contribution in [0.15, 0.2) is 30.3 Å². The van der Waals surface area contributed by atoms with Gasteiger partial charge in [0.1, 0.15) is 5.60 Å². The van der Waals surface area contributed by atoms with Crippen molar-refractivity contribution in [1.82, 2.24) is 4.98 Å².